The van der Waals surface area contributed by atoms with E-state index in [-0.39, 0.29) is 11.6 Å². The lowest BCUT2D eigenvalue weighted by Crippen LogP contribution is -2.33. The van der Waals surface area contributed by atoms with Crippen LogP contribution in [0.15, 0.2) is 76.5 Å². The lowest BCUT2D eigenvalue weighted by molar-refractivity contribution is 0.316. The van der Waals surface area contributed by atoms with E-state index in [4.69, 9.17) is 10.2 Å². The molecule has 2 N–H and O–H groups in total. The third kappa shape index (κ3) is 3.27. The average Bonchev–Trinajstić information content (AvgIpc) is 3.70. The highest BCUT2D eigenvalue weighted by Crippen LogP contribution is 2.59. The summed E-state index contributed by atoms with van der Waals surface area (Å²) in [6.07, 6.45) is 22.7. The van der Waals surface area contributed by atoms with Crippen molar-refractivity contribution in [1.82, 2.24) is 4.90 Å². The normalized spacial score (nSPS) is 27.9. The number of allylic oxidation sites excluding steroid dienone is 7. The van der Waals surface area contributed by atoms with Gasteiger partial charge < -0.3 is 20.0 Å². The fourth-order valence-corrected chi connectivity index (χ4v) is 9.53. The Morgan fingerprint density at radius 2 is 1.98 bits per heavy atom. The van der Waals surface area contributed by atoms with Crippen LogP contribution in [0.1, 0.15) is 92.4 Å². The SMILES string of the molecule is C/C=C\c1c(N)oc2c3c(ccc12)CN1C2=C(C4C=CCCC4C=C2)N(c2cc4c(cc2C)C2=CCCCC2C4(C)C)C31. The fraction of sp³-hybridized carbons (Fsp3) is 0.385. The third-order valence-corrected chi connectivity index (χ3v) is 11.6. The quantitative estimate of drug-likeness (QED) is 0.313. The van der Waals surface area contributed by atoms with E-state index in [2.05, 4.69) is 91.3 Å². The molecule has 0 amide bonds. The van der Waals surface area contributed by atoms with E-state index in [1.807, 2.05) is 13.0 Å². The second-order valence-corrected chi connectivity index (χ2v) is 14.1. The first-order chi connectivity index (χ1) is 20.9. The van der Waals surface area contributed by atoms with Crippen molar-refractivity contribution in [3.05, 3.63) is 105 Å². The lowest BCUT2D eigenvalue weighted by atomic mass is 9.73. The number of rotatable bonds is 2. The Kier molecular flexibility index (Phi) is 5.24. The predicted molar refractivity (Wildman–Crippen MR) is 177 cm³/mol. The van der Waals surface area contributed by atoms with Crippen molar-refractivity contribution in [1.29, 1.82) is 0 Å². The molecule has 0 fully saturated rings. The van der Waals surface area contributed by atoms with Crippen LogP contribution in [0.3, 0.4) is 0 Å². The molecule has 4 aliphatic carbocycles. The van der Waals surface area contributed by atoms with Gasteiger partial charge in [-0.1, -0.05) is 62.4 Å². The molecule has 9 rings (SSSR count). The Morgan fingerprint density at radius 1 is 1.09 bits per heavy atom. The lowest BCUT2D eigenvalue weighted by Gasteiger charge is -2.37. The molecule has 3 aromatic rings. The fourth-order valence-electron chi connectivity index (χ4n) is 9.53. The standard InChI is InChI=1S/C39H41N3O/c1-5-10-28-27-17-15-24-21-41-32-18-16-23-11-6-7-12-25(23)35(32)42(38(41)34(24)36(27)43-37(28)40)33-20-31-29(19-22(33)2)26-13-8-9-14-30(26)39(31,3)4/h5,7,10,12-13,15-20,23,25,30,38H,6,8-9,11,14,21,40H2,1-4H3/b10-5-. The summed E-state index contributed by atoms with van der Waals surface area (Å²) in [6.45, 7) is 10.2. The zero-order valence-electron chi connectivity index (χ0n) is 25.8. The Balaban J connectivity index is 1.29. The monoisotopic (exact) mass is 567 g/mol. The minimum absolute atomic E-state index is 0.0363. The van der Waals surface area contributed by atoms with Crippen molar-refractivity contribution in [2.75, 3.05) is 10.6 Å². The molecule has 2 aliphatic heterocycles. The van der Waals surface area contributed by atoms with Gasteiger partial charge in [0.2, 0.25) is 0 Å². The predicted octanol–water partition coefficient (Wildman–Crippen LogP) is 9.53. The molecule has 1 aromatic heterocycles. The van der Waals surface area contributed by atoms with Gasteiger partial charge in [0.05, 0.1) is 11.4 Å². The van der Waals surface area contributed by atoms with Crippen LogP contribution in [0.4, 0.5) is 11.6 Å². The van der Waals surface area contributed by atoms with Gasteiger partial charge in [-0.15, -0.1) is 0 Å². The Labute approximate surface area is 254 Å². The molecule has 4 heteroatoms. The van der Waals surface area contributed by atoms with Crippen LogP contribution in [-0.2, 0) is 12.0 Å². The molecule has 218 valence electrons. The molecular weight excluding hydrogens is 526 g/mol. The van der Waals surface area contributed by atoms with Gasteiger partial charge in [0.1, 0.15) is 11.7 Å². The highest BCUT2D eigenvalue weighted by molar-refractivity contribution is 5.95. The molecule has 2 aromatic carbocycles. The van der Waals surface area contributed by atoms with Crippen LogP contribution in [0.2, 0.25) is 0 Å². The number of fused-ring (bicyclic) bond motifs is 11. The van der Waals surface area contributed by atoms with E-state index < -0.39 is 0 Å². The largest absolute Gasteiger partial charge is 0.440 e. The number of hydrogen-bond donors (Lipinski definition) is 1. The number of nitrogens with two attached hydrogens (primary N) is 1. The second-order valence-electron chi connectivity index (χ2n) is 14.1. The first-order valence-corrected chi connectivity index (χ1v) is 16.4. The summed E-state index contributed by atoms with van der Waals surface area (Å²) in [6, 6.07) is 9.62. The van der Waals surface area contributed by atoms with Crippen LogP contribution in [0.5, 0.6) is 0 Å². The molecule has 0 spiro atoms. The Morgan fingerprint density at radius 3 is 2.84 bits per heavy atom. The van der Waals surface area contributed by atoms with Crippen LogP contribution >= 0.6 is 0 Å². The first kappa shape index (κ1) is 25.6. The van der Waals surface area contributed by atoms with Crippen molar-refractivity contribution in [3.8, 4) is 0 Å². The maximum atomic E-state index is 6.51. The van der Waals surface area contributed by atoms with E-state index in [1.54, 1.807) is 5.57 Å². The molecule has 0 saturated heterocycles. The van der Waals surface area contributed by atoms with E-state index >= 15 is 0 Å². The third-order valence-electron chi connectivity index (χ3n) is 11.6. The zero-order valence-corrected chi connectivity index (χ0v) is 25.8. The maximum Gasteiger partial charge on any atom is 0.198 e. The summed E-state index contributed by atoms with van der Waals surface area (Å²) in [4.78, 5) is 5.34. The summed E-state index contributed by atoms with van der Waals surface area (Å²) < 4.78 is 6.46. The van der Waals surface area contributed by atoms with Crippen LogP contribution < -0.4 is 10.6 Å². The van der Waals surface area contributed by atoms with Crippen molar-refractivity contribution in [2.24, 2.45) is 17.8 Å². The number of anilines is 2. The van der Waals surface area contributed by atoms with Gasteiger partial charge in [0.15, 0.2) is 5.88 Å². The number of nitrogens with zero attached hydrogens (tertiary/aromatic N) is 2. The second kappa shape index (κ2) is 8.81. The molecule has 0 radical (unpaired) electrons. The molecule has 4 nitrogen and oxygen atoms in total. The molecule has 4 atom stereocenters. The van der Waals surface area contributed by atoms with Gasteiger partial charge in [-0.3, -0.25) is 0 Å². The smallest absolute Gasteiger partial charge is 0.198 e. The summed E-state index contributed by atoms with van der Waals surface area (Å²) >= 11 is 0. The molecule has 3 heterocycles. The number of nitrogen functional groups attached to an aromatic ring is 1. The van der Waals surface area contributed by atoms with Crippen molar-refractivity contribution in [3.63, 3.8) is 0 Å². The van der Waals surface area contributed by atoms with Gasteiger partial charge in [-0.05, 0) is 109 Å². The van der Waals surface area contributed by atoms with Gasteiger partial charge in [-0.2, -0.15) is 0 Å². The van der Waals surface area contributed by atoms with E-state index in [9.17, 15) is 0 Å². The summed E-state index contributed by atoms with van der Waals surface area (Å²) in [5.41, 5.74) is 21.3. The number of benzene rings is 2. The van der Waals surface area contributed by atoms with E-state index in [1.165, 1.54) is 70.6 Å². The summed E-state index contributed by atoms with van der Waals surface area (Å²) in [7, 11) is 0. The Hall–Kier alpha value is -3.92. The number of hydrogen-bond acceptors (Lipinski definition) is 4. The van der Waals surface area contributed by atoms with Gasteiger partial charge in [0.25, 0.3) is 0 Å². The van der Waals surface area contributed by atoms with Crippen LogP contribution in [-0.4, -0.2) is 4.90 Å². The molecule has 4 unspecified atom stereocenters. The van der Waals surface area contributed by atoms with Gasteiger partial charge in [0, 0.05) is 34.7 Å². The summed E-state index contributed by atoms with van der Waals surface area (Å²) in [5, 5.41) is 1.11. The van der Waals surface area contributed by atoms with Crippen molar-refractivity contribution >= 4 is 34.2 Å². The molecule has 6 aliphatic rings. The molecule has 0 saturated carbocycles. The first-order valence-electron chi connectivity index (χ1n) is 16.4. The van der Waals surface area contributed by atoms with Crippen molar-refractivity contribution in [2.45, 2.75) is 77.9 Å². The number of aryl methyl sites for hydroxylation is 1. The highest BCUT2D eigenvalue weighted by atomic mass is 16.3. The van der Waals surface area contributed by atoms with Crippen molar-refractivity contribution < 1.29 is 4.42 Å². The van der Waals surface area contributed by atoms with Crippen LogP contribution in [0.25, 0.3) is 22.6 Å². The minimum atomic E-state index is 0.0363. The number of furan rings is 1. The van der Waals surface area contributed by atoms with Crippen LogP contribution in [0, 0.1) is 24.7 Å². The van der Waals surface area contributed by atoms with Gasteiger partial charge in [-0.25, -0.2) is 0 Å². The van der Waals surface area contributed by atoms with E-state index in [0.29, 0.717) is 23.6 Å². The average molecular weight is 568 g/mol. The topological polar surface area (TPSA) is 45.6 Å². The molecule has 0 bridgehead atoms. The zero-order chi connectivity index (χ0) is 29.2. The van der Waals surface area contributed by atoms with E-state index in [0.717, 1.165) is 29.5 Å². The maximum absolute atomic E-state index is 6.51. The summed E-state index contributed by atoms with van der Waals surface area (Å²) in [5.74, 6) is 2.04. The minimum Gasteiger partial charge on any atom is -0.440 e. The highest BCUT2D eigenvalue weighted by Gasteiger charge is 2.51. The molecule has 43 heavy (non-hydrogen) atoms. The molecular formula is C39H41N3O. The van der Waals surface area contributed by atoms with Gasteiger partial charge >= 0.3 is 0 Å². The Bertz CT molecular complexity index is 1880.